The van der Waals surface area contributed by atoms with E-state index < -0.39 is 43.3 Å². The summed E-state index contributed by atoms with van der Waals surface area (Å²) in [5.74, 6) is 0. The zero-order chi connectivity index (χ0) is 16.3. The lowest BCUT2D eigenvalue weighted by atomic mass is 9.98. The first-order valence-electron chi connectivity index (χ1n) is 6.58. The van der Waals surface area contributed by atoms with Crippen LogP contribution in [0.5, 0.6) is 0 Å². The number of aliphatic hydroxyl groups is 4. The Balaban J connectivity index is 2.17. The molecule has 0 spiro atoms. The predicted octanol–water partition coefficient (Wildman–Crippen LogP) is -2.35. The minimum atomic E-state index is -1.52. The maximum absolute atomic E-state index is 10.6. The molecular weight excluding hydrogens is 296 g/mol. The van der Waals surface area contributed by atoms with Crippen LogP contribution < -0.4 is 15.7 Å². The van der Waals surface area contributed by atoms with Crippen molar-refractivity contribution in [1.82, 2.24) is 0 Å². The van der Waals surface area contributed by atoms with Crippen LogP contribution in [0, 0.1) is 0 Å². The van der Waals surface area contributed by atoms with E-state index in [2.05, 4.69) is 10.6 Å². The molecule has 5 atom stereocenters. The average molecular weight is 313 g/mol. The third-order valence-corrected chi connectivity index (χ3v) is 3.35. The summed E-state index contributed by atoms with van der Waals surface area (Å²) in [5, 5.41) is 53.9. The molecule has 0 aromatic heterocycles. The van der Waals surface area contributed by atoms with Gasteiger partial charge in [0.1, 0.15) is 30.5 Å². The first-order chi connectivity index (χ1) is 10.4. The van der Waals surface area contributed by atoms with Crippen molar-refractivity contribution in [2.45, 2.75) is 30.6 Å². The molecule has 0 radical (unpaired) electrons. The van der Waals surface area contributed by atoms with Crippen molar-refractivity contribution in [3.8, 4) is 0 Å². The van der Waals surface area contributed by atoms with E-state index in [-0.39, 0.29) is 11.4 Å². The molecule has 1 fully saturated rings. The summed E-state index contributed by atoms with van der Waals surface area (Å²) < 4.78 is 5.28. The van der Waals surface area contributed by atoms with Crippen molar-refractivity contribution in [3.63, 3.8) is 0 Å². The second kappa shape index (κ2) is 6.90. The van der Waals surface area contributed by atoms with Crippen LogP contribution in [0.25, 0.3) is 0 Å². The normalized spacial score (nSPS) is 31.5. The van der Waals surface area contributed by atoms with Gasteiger partial charge in [-0.25, -0.2) is 0 Å². The summed E-state index contributed by atoms with van der Waals surface area (Å²) in [6.07, 6.45) is -8.19. The third-order valence-electron chi connectivity index (χ3n) is 3.35. The number of ether oxygens (including phenoxy) is 1. The third kappa shape index (κ3) is 3.46. The molecule has 6 N–H and O–H groups in total. The number of amides is 1. The van der Waals surface area contributed by atoms with Crippen molar-refractivity contribution >= 4 is 17.5 Å². The van der Waals surface area contributed by atoms with Crippen LogP contribution in [0.4, 0.5) is 16.2 Å². The zero-order valence-electron chi connectivity index (χ0n) is 11.4. The van der Waals surface area contributed by atoms with Crippen molar-refractivity contribution in [2.24, 2.45) is 0 Å². The van der Waals surface area contributed by atoms with Crippen LogP contribution in [0.2, 0.25) is 0 Å². The minimum Gasteiger partial charge on any atom is -0.530 e. The summed E-state index contributed by atoms with van der Waals surface area (Å²) in [7, 11) is 0. The van der Waals surface area contributed by atoms with Crippen LogP contribution in [0.15, 0.2) is 24.3 Å². The lowest BCUT2D eigenvalue weighted by Gasteiger charge is -2.40. The van der Waals surface area contributed by atoms with Crippen molar-refractivity contribution in [1.29, 1.82) is 0 Å². The van der Waals surface area contributed by atoms with Gasteiger partial charge < -0.3 is 45.7 Å². The summed E-state index contributed by atoms with van der Waals surface area (Å²) in [5.41, 5.74) is 0.440. The van der Waals surface area contributed by atoms with E-state index in [1.54, 1.807) is 12.1 Å². The topological polar surface area (TPSA) is 154 Å². The van der Waals surface area contributed by atoms with E-state index >= 15 is 0 Å². The van der Waals surface area contributed by atoms with Crippen molar-refractivity contribution < 1.29 is 35.1 Å². The van der Waals surface area contributed by atoms with Crippen LogP contribution in [0.3, 0.4) is 0 Å². The molecule has 9 heteroatoms. The molecule has 1 aromatic carbocycles. The fraction of sp³-hybridized carbons (Fsp3) is 0.462. The van der Waals surface area contributed by atoms with Gasteiger partial charge in [-0.05, 0) is 12.1 Å². The van der Waals surface area contributed by atoms with E-state index in [9.17, 15) is 25.2 Å². The van der Waals surface area contributed by atoms with Gasteiger partial charge in [-0.1, -0.05) is 12.1 Å². The van der Waals surface area contributed by atoms with Gasteiger partial charge >= 0.3 is 0 Å². The number of anilines is 2. The summed E-state index contributed by atoms with van der Waals surface area (Å²) >= 11 is 0. The Morgan fingerprint density at radius 2 is 1.77 bits per heavy atom. The molecule has 0 aliphatic carbocycles. The molecule has 1 saturated heterocycles. The maximum atomic E-state index is 10.6. The van der Waals surface area contributed by atoms with Gasteiger partial charge in [-0.3, -0.25) is 0 Å². The fourth-order valence-electron chi connectivity index (χ4n) is 2.20. The quantitative estimate of drug-likeness (QED) is 0.361. The predicted molar refractivity (Wildman–Crippen MR) is 72.9 cm³/mol. The number of para-hydroxylation sites is 2. The fourth-order valence-corrected chi connectivity index (χ4v) is 2.20. The second-order valence-electron chi connectivity index (χ2n) is 4.85. The number of nitrogens with one attached hydrogen (secondary N) is 2. The highest BCUT2D eigenvalue weighted by atomic mass is 16.6. The van der Waals surface area contributed by atoms with Crippen LogP contribution in [-0.2, 0) is 4.74 Å². The Morgan fingerprint density at radius 3 is 2.36 bits per heavy atom. The molecule has 1 unspecified atom stereocenters. The Hall–Kier alpha value is -1.91. The summed E-state index contributed by atoms with van der Waals surface area (Å²) in [4.78, 5) is 10.6. The van der Waals surface area contributed by atoms with Gasteiger partial charge in [-0.2, -0.15) is 0 Å². The lowest BCUT2D eigenvalue weighted by Crippen LogP contribution is -2.60. The van der Waals surface area contributed by atoms with Gasteiger partial charge in [0.15, 0.2) is 6.23 Å². The monoisotopic (exact) mass is 313 g/mol. The Labute approximate surface area is 125 Å². The zero-order valence-corrected chi connectivity index (χ0v) is 11.4. The second-order valence-corrected chi connectivity index (χ2v) is 4.85. The molecule has 1 aromatic rings. The number of rotatable bonds is 4. The number of aliphatic hydroxyl groups excluding tert-OH is 4. The van der Waals surface area contributed by atoms with E-state index in [0.29, 0.717) is 0 Å². The van der Waals surface area contributed by atoms with E-state index in [4.69, 9.17) is 9.84 Å². The van der Waals surface area contributed by atoms with Gasteiger partial charge in [0.25, 0.3) is 0 Å². The van der Waals surface area contributed by atoms with Crippen molar-refractivity contribution in [3.05, 3.63) is 24.3 Å². The molecule has 2 rings (SSSR count). The van der Waals surface area contributed by atoms with E-state index in [1.807, 2.05) is 0 Å². The molecule has 122 valence electrons. The average Bonchev–Trinajstić information content (AvgIpc) is 2.49. The first kappa shape index (κ1) is 16.5. The SMILES string of the molecule is O=C([O-])Nc1ccccc1NC1O[C@H](CO)[C@@H](O)[C@H](O)[C@H]1O. The lowest BCUT2D eigenvalue weighted by molar-refractivity contribution is -0.242. The van der Waals surface area contributed by atoms with E-state index in [0.717, 1.165) is 0 Å². The Morgan fingerprint density at radius 1 is 1.14 bits per heavy atom. The van der Waals surface area contributed by atoms with Gasteiger partial charge in [-0.15, -0.1) is 0 Å². The molecule has 22 heavy (non-hydrogen) atoms. The number of carboxylic acid groups (broad SMARTS) is 1. The molecule has 0 saturated carbocycles. The molecule has 1 heterocycles. The molecule has 1 aliphatic heterocycles. The number of hydrogen-bond acceptors (Lipinski definition) is 8. The molecule has 1 amide bonds. The van der Waals surface area contributed by atoms with Gasteiger partial charge in [0.2, 0.25) is 0 Å². The number of benzene rings is 1. The number of carbonyl (C=O) groups is 1. The summed E-state index contributed by atoms with van der Waals surface area (Å²) in [6, 6.07) is 6.19. The minimum absolute atomic E-state index is 0.166. The molecular formula is C13H17N2O7-. The van der Waals surface area contributed by atoms with Gasteiger partial charge in [0.05, 0.1) is 18.0 Å². The molecule has 0 bridgehead atoms. The largest absolute Gasteiger partial charge is 0.530 e. The maximum Gasteiger partial charge on any atom is 0.157 e. The van der Waals surface area contributed by atoms with Gasteiger partial charge in [0, 0.05) is 0 Å². The highest BCUT2D eigenvalue weighted by Crippen LogP contribution is 2.26. The van der Waals surface area contributed by atoms with Crippen molar-refractivity contribution in [2.75, 3.05) is 17.2 Å². The first-order valence-corrected chi connectivity index (χ1v) is 6.58. The van der Waals surface area contributed by atoms with Crippen LogP contribution in [-0.4, -0.2) is 63.8 Å². The number of carbonyl (C=O) groups excluding carboxylic acids is 1. The highest BCUT2D eigenvalue weighted by molar-refractivity contribution is 5.86. The summed E-state index contributed by atoms with van der Waals surface area (Å²) in [6.45, 7) is -0.554. The Kier molecular flexibility index (Phi) is 5.16. The molecule has 9 nitrogen and oxygen atoms in total. The molecule has 1 aliphatic rings. The highest BCUT2D eigenvalue weighted by Gasteiger charge is 2.43. The smallest absolute Gasteiger partial charge is 0.157 e. The van der Waals surface area contributed by atoms with E-state index in [1.165, 1.54) is 12.1 Å². The van der Waals surface area contributed by atoms with Crippen LogP contribution >= 0.6 is 0 Å². The number of hydrogen-bond donors (Lipinski definition) is 6. The van der Waals surface area contributed by atoms with Crippen LogP contribution in [0.1, 0.15) is 0 Å². The Bertz CT molecular complexity index is 525. The standard InChI is InChI=1S/C13H18N2O7/c16-5-8-9(17)10(18)11(19)12(22-8)14-6-3-1-2-4-7(6)15-13(20)21/h1-4,8-12,14-19H,5H2,(H,20,21)/p-1/t8-,9-,10+,11-,12?/m1/s1.